The van der Waals surface area contributed by atoms with Crippen LogP contribution in [0.2, 0.25) is 0 Å². The van der Waals surface area contributed by atoms with Gasteiger partial charge in [0.1, 0.15) is 0 Å². The van der Waals surface area contributed by atoms with Crippen LogP contribution in [0.3, 0.4) is 0 Å². The lowest BCUT2D eigenvalue weighted by Crippen LogP contribution is -2.21. The number of carbonyl (C=O) groups is 1. The molecule has 0 amide bonds. The van der Waals surface area contributed by atoms with E-state index in [1.165, 1.54) is 12.8 Å². The Hall–Kier alpha value is -0.590. The van der Waals surface area contributed by atoms with E-state index in [1.54, 1.807) is 0 Å². The van der Waals surface area contributed by atoms with Crippen molar-refractivity contribution in [2.24, 2.45) is 11.8 Å². The fraction of sp³-hybridized carbons (Fsp3) is 0.727. The highest BCUT2D eigenvalue weighted by atomic mass is 16.1. The van der Waals surface area contributed by atoms with Crippen molar-refractivity contribution in [3.8, 4) is 0 Å². The third-order valence-electron chi connectivity index (χ3n) is 2.81. The molecule has 0 aromatic carbocycles. The lowest BCUT2D eigenvalue weighted by Gasteiger charge is -2.24. The van der Waals surface area contributed by atoms with E-state index < -0.39 is 0 Å². The van der Waals surface area contributed by atoms with Crippen molar-refractivity contribution < 1.29 is 4.79 Å². The van der Waals surface area contributed by atoms with Gasteiger partial charge in [-0.1, -0.05) is 26.3 Å². The van der Waals surface area contributed by atoms with E-state index in [0.717, 1.165) is 24.3 Å². The van der Waals surface area contributed by atoms with Crippen molar-refractivity contribution in [1.82, 2.24) is 0 Å². The number of hydrogen-bond donors (Lipinski definition) is 0. The fourth-order valence-electron chi connectivity index (χ4n) is 1.87. The summed E-state index contributed by atoms with van der Waals surface area (Å²) in [5.74, 6) is 1.40. The van der Waals surface area contributed by atoms with Gasteiger partial charge in [-0.3, -0.25) is 4.79 Å². The molecular weight excluding hydrogens is 148 g/mol. The van der Waals surface area contributed by atoms with Gasteiger partial charge in [0.15, 0.2) is 5.78 Å². The highest BCUT2D eigenvalue weighted by Crippen LogP contribution is 2.29. The number of hydrogen-bond acceptors (Lipinski definition) is 1. The van der Waals surface area contributed by atoms with Crippen molar-refractivity contribution in [2.75, 3.05) is 0 Å². The molecule has 0 spiro atoms. The predicted molar refractivity (Wildman–Crippen MR) is 50.9 cm³/mol. The Kier molecular flexibility index (Phi) is 3.07. The molecule has 1 aliphatic carbocycles. The summed E-state index contributed by atoms with van der Waals surface area (Å²) < 4.78 is 0. The fourth-order valence-corrected chi connectivity index (χ4v) is 1.87. The Morgan fingerprint density at radius 2 is 1.75 bits per heavy atom. The van der Waals surface area contributed by atoms with Gasteiger partial charge in [-0.2, -0.15) is 0 Å². The minimum Gasteiger partial charge on any atom is -0.294 e. The van der Waals surface area contributed by atoms with E-state index in [0.29, 0.717) is 11.7 Å². The summed E-state index contributed by atoms with van der Waals surface area (Å²) in [7, 11) is 0. The predicted octanol–water partition coefficient (Wildman–Crippen LogP) is 2.96. The molecule has 1 saturated carbocycles. The molecule has 0 N–H and O–H groups in total. The van der Waals surface area contributed by atoms with Crippen LogP contribution < -0.4 is 0 Å². The molecule has 0 aliphatic heterocycles. The largest absolute Gasteiger partial charge is 0.294 e. The zero-order valence-corrected chi connectivity index (χ0v) is 8.10. The Balaban J connectivity index is 2.44. The maximum absolute atomic E-state index is 11.5. The molecule has 1 heteroatoms. The number of rotatable bonds is 2. The van der Waals surface area contributed by atoms with Crippen LogP contribution in [-0.2, 0) is 4.79 Å². The van der Waals surface area contributed by atoms with Crippen molar-refractivity contribution in [3.63, 3.8) is 0 Å². The quantitative estimate of drug-likeness (QED) is 0.576. The third-order valence-corrected chi connectivity index (χ3v) is 2.81. The van der Waals surface area contributed by atoms with Gasteiger partial charge in [0.25, 0.3) is 0 Å². The molecule has 0 bridgehead atoms. The van der Waals surface area contributed by atoms with Gasteiger partial charge >= 0.3 is 0 Å². The van der Waals surface area contributed by atoms with E-state index in [1.807, 2.05) is 6.92 Å². The molecule has 1 aliphatic rings. The molecule has 0 aromatic rings. The van der Waals surface area contributed by atoms with Crippen LogP contribution in [0.5, 0.6) is 0 Å². The first-order chi connectivity index (χ1) is 5.61. The van der Waals surface area contributed by atoms with Crippen LogP contribution in [0.25, 0.3) is 0 Å². The molecule has 68 valence electrons. The minimum absolute atomic E-state index is 0.290. The summed E-state index contributed by atoms with van der Waals surface area (Å²) in [6.07, 6.45) is 4.58. The molecule has 1 nitrogen and oxygen atoms in total. The SMILES string of the molecule is C=C(C)C(=O)C1CCC(C)CC1. The van der Waals surface area contributed by atoms with Gasteiger partial charge in [0, 0.05) is 5.92 Å². The molecule has 0 saturated heterocycles. The Morgan fingerprint density at radius 1 is 1.25 bits per heavy atom. The first-order valence-corrected chi connectivity index (χ1v) is 4.81. The lowest BCUT2D eigenvalue weighted by atomic mass is 9.80. The van der Waals surface area contributed by atoms with Gasteiger partial charge in [-0.05, 0) is 31.3 Å². The molecule has 0 radical (unpaired) electrons. The van der Waals surface area contributed by atoms with Gasteiger partial charge in [0.2, 0.25) is 0 Å². The first kappa shape index (κ1) is 9.50. The average molecular weight is 166 g/mol. The normalized spacial score (nSPS) is 29.8. The van der Waals surface area contributed by atoms with Gasteiger partial charge in [-0.25, -0.2) is 0 Å². The van der Waals surface area contributed by atoms with Crippen LogP contribution in [0.1, 0.15) is 39.5 Å². The number of carbonyl (C=O) groups excluding carboxylic acids is 1. The average Bonchev–Trinajstić information content (AvgIpc) is 2.04. The molecule has 1 rings (SSSR count). The number of Topliss-reactive ketones (excluding diaryl/α,β-unsaturated/α-hetero) is 1. The van der Waals surface area contributed by atoms with Gasteiger partial charge < -0.3 is 0 Å². The van der Waals surface area contributed by atoms with Crippen molar-refractivity contribution in [1.29, 1.82) is 0 Å². The molecule has 0 aromatic heterocycles. The Morgan fingerprint density at radius 3 is 2.17 bits per heavy atom. The second kappa shape index (κ2) is 3.88. The zero-order valence-electron chi connectivity index (χ0n) is 8.10. The van der Waals surface area contributed by atoms with E-state index in [4.69, 9.17) is 0 Å². The Labute approximate surface area is 74.9 Å². The highest BCUT2D eigenvalue weighted by molar-refractivity contribution is 5.95. The molecule has 0 heterocycles. The van der Waals surface area contributed by atoms with E-state index in [9.17, 15) is 4.79 Å². The van der Waals surface area contributed by atoms with Crippen molar-refractivity contribution in [2.45, 2.75) is 39.5 Å². The van der Waals surface area contributed by atoms with Gasteiger partial charge in [-0.15, -0.1) is 0 Å². The highest BCUT2D eigenvalue weighted by Gasteiger charge is 2.23. The molecule has 0 unspecified atom stereocenters. The minimum atomic E-state index is 0.290. The first-order valence-electron chi connectivity index (χ1n) is 4.81. The molecule has 0 atom stereocenters. The smallest absolute Gasteiger partial charge is 0.161 e. The lowest BCUT2D eigenvalue weighted by molar-refractivity contribution is -0.120. The zero-order chi connectivity index (χ0) is 9.14. The van der Waals surface area contributed by atoms with Crippen LogP contribution in [0, 0.1) is 11.8 Å². The summed E-state index contributed by atoms with van der Waals surface area (Å²) in [4.78, 5) is 11.5. The van der Waals surface area contributed by atoms with Crippen molar-refractivity contribution >= 4 is 5.78 Å². The van der Waals surface area contributed by atoms with E-state index in [2.05, 4.69) is 13.5 Å². The van der Waals surface area contributed by atoms with E-state index >= 15 is 0 Å². The monoisotopic (exact) mass is 166 g/mol. The summed E-state index contributed by atoms with van der Waals surface area (Å²) in [6.45, 7) is 7.78. The van der Waals surface area contributed by atoms with Gasteiger partial charge in [0.05, 0.1) is 0 Å². The summed E-state index contributed by atoms with van der Waals surface area (Å²) in [6, 6.07) is 0. The van der Waals surface area contributed by atoms with E-state index in [-0.39, 0.29) is 0 Å². The number of allylic oxidation sites excluding steroid dienone is 1. The molecule has 12 heavy (non-hydrogen) atoms. The second-order valence-corrected chi connectivity index (χ2v) is 4.10. The summed E-state index contributed by atoms with van der Waals surface area (Å²) in [5, 5.41) is 0. The maximum Gasteiger partial charge on any atom is 0.161 e. The summed E-state index contributed by atoms with van der Waals surface area (Å²) >= 11 is 0. The topological polar surface area (TPSA) is 17.1 Å². The third kappa shape index (κ3) is 2.20. The van der Waals surface area contributed by atoms with Crippen molar-refractivity contribution in [3.05, 3.63) is 12.2 Å². The van der Waals surface area contributed by atoms with Crippen LogP contribution >= 0.6 is 0 Å². The Bertz CT molecular complexity index is 185. The van der Waals surface area contributed by atoms with Crippen LogP contribution in [0.4, 0.5) is 0 Å². The molecule has 1 fully saturated rings. The number of ketones is 1. The maximum atomic E-state index is 11.5. The van der Waals surface area contributed by atoms with Crippen LogP contribution in [0.15, 0.2) is 12.2 Å². The standard InChI is InChI=1S/C11H18O/c1-8(2)11(12)10-6-4-9(3)5-7-10/h9-10H,1,4-7H2,2-3H3. The second-order valence-electron chi connectivity index (χ2n) is 4.10. The summed E-state index contributed by atoms with van der Waals surface area (Å²) in [5.41, 5.74) is 0.731. The van der Waals surface area contributed by atoms with Crippen LogP contribution in [-0.4, -0.2) is 5.78 Å². The molecular formula is C11H18O.